The number of benzene rings is 1. The van der Waals surface area contributed by atoms with Crippen molar-refractivity contribution in [3.8, 4) is 11.5 Å². The van der Waals surface area contributed by atoms with Crippen molar-refractivity contribution in [2.24, 2.45) is 11.8 Å². The highest BCUT2D eigenvalue weighted by molar-refractivity contribution is 5.74. The average Bonchev–Trinajstić information content (AvgIpc) is 3.12. The van der Waals surface area contributed by atoms with Crippen LogP contribution in [0.1, 0.15) is 50.4 Å². The third kappa shape index (κ3) is 2.02. The van der Waals surface area contributed by atoms with Gasteiger partial charge >= 0.3 is 6.09 Å². The minimum absolute atomic E-state index is 0.120. The number of methoxy groups -OCH3 is 2. The van der Waals surface area contributed by atoms with Gasteiger partial charge in [-0.25, -0.2) is 4.79 Å². The highest BCUT2D eigenvalue weighted by Crippen LogP contribution is 2.71. The van der Waals surface area contributed by atoms with Crippen molar-refractivity contribution in [3.05, 3.63) is 23.3 Å². The summed E-state index contributed by atoms with van der Waals surface area (Å²) >= 11 is 0. The lowest BCUT2D eigenvalue weighted by Gasteiger charge is -2.29. The Morgan fingerprint density at radius 1 is 1.04 bits per heavy atom. The molecule has 0 unspecified atom stereocenters. The molecular formula is C18H23NO4. The zero-order chi connectivity index (χ0) is 16.5. The first-order valence-corrected chi connectivity index (χ1v) is 8.13. The van der Waals surface area contributed by atoms with Crippen LogP contribution in [-0.2, 0) is 4.74 Å². The van der Waals surface area contributed by atoms with Gasteiger partial charge in [-0.15, -0.1) is 0 Å². The van der Waals surface area contributed by atoms with Crippen molar-refractivity contribution in [3.63, 3.8) is 0 Å². The monoisotopic (exact) mass is 317 g/mol. The summed E-state index contributed by atoms with van der Waals surface area (Å²) in [6, 6.07) is 4.31. The molecule has 5 heteroatoms. The molecule has 1 aliphatic carbocycles. The van der Waals surface area contributed by atoms with Gasteiger partial charge in [0.25, 0.3) is 0 Å². The first-order valence-electron chi connectivity index (χ1n) is 8.13. The zero-order valence-electron chi connectivity index (χ0n) is 14.3. The molecule has 0 aromatic heterocycles. The highest BCUT2D eigenvalue weighted by Gasteiger charge is 2.66. The Bertz CT molecular complexity index is 635. The zero-order valence-corrected chi connectivity index (χ0v) is 14.3. The second-order valence-corrected chi connectivity index (χ2v) is 7.68. The molecule has 2 bridgehead atoms. The summed E-state index contributed by atoms with van der Waals surface area (Å²) < 4.78 is 16.5. The maximum Gasteiger partial charge on any atom is 0.411 e. The van der Waals surface area contributed by atoms with E-state index in [9.17, 15) is 4.79 Å². The van der Waals surface area contributed by atoms with Crippen LogP contribution >= 0.6 is 0 Å². The number of hydrogen-bond donors (Lipinski definition) is 0. The number of hydrogen-bond acceptors (Lipinski definition) is 4. The molecule has 2 aliphatic heterocycles. The number of amides is 1. The lowest BCUT2D eigenvalue weighted by Crippen LogP contribution is -2.36. The highest BCUT2D eigenvalue weighted by atomic mass is 16.6. The molecule has 4 rings (SSSR count). The lowest BCUT2D eigenvalue weighted by atomic mass is 9.91. The van der Waals surface area contributed by atoms with Gasteiger partial charge in [-0.3, -0.25) is 4.90 Å². The topological polar surface area (TPSA) is 48.0 Å². The maximum atomic E-state index is 12.7. The molecule has 3 aliphatic rings. The fourth-order valence-corrected chi connectivity index (χ4v) is 4.27. The molecule has 2 fully saturated rings. The molecule has 0 N–H and O–H groups in total. The Labute approximate surface area is 136 Å². The Balaban J connectivity index is 1.73. The molecule has 23 heavy (non-hydrogen) atoms. The number of nitrogens with zero attached hydrogens (tertiary/aromatic N) is 1. The van der Waals surface area contributed by atoms with Crippen LogP contribution < -0.4 is 9.47 Å². The second-order valence-electron chi connectivity index (χ2n) is 7.68. The van der Waals surface area contributed by atoms with Crippen molar-refractivity contribution in [1.29, 1.82) is 0 Å². The van der Waals surface area contributed by atoms with Gasteiger partial charge in [-0.1, -0.05) is 0 Å². The number of ether oxygens (including phenoxy) is 3. The normalized spacial score (nSPS) is 29.9. The Morgan fingerprint density at radius 2 is 1.52 bits per heavy atom. The average molecular weight is 317 g/mol. The molecule has 5 nitrogen and oxygen atoms in total. The standard InChI is InChI=1S/C18H23NO4/c1-18(2,3)23-17(20)19-15-9-6-10(9)16(19)12-8-14(22-5)13(21-4)7-11(12)15/h7-10,15-16H,6H2,1-5H3/t9-,10+,15-,16+. The van der Waals surface area contributed by atoms with Crippen molar-refractivity contribution < 1.29 is 19.0 Å². The molecule has 1 aromatic carbocycles. The van der Waals surface area contributed by atoms with E-state index >= 15 is 0 Å². The first kappa shape index (κ1) is 14.7. The predicted octanol–water partition coefficient (Wildman–Crippen LogP) is 3.69. The molecule has 1 amide bonds. The van der Waals surface area contributed by atoms with Crippen molar-refractivity contribution >= 4 is 6.09 Å². The van der Waals surface area contributed by atoms with E-state index in [0.717, 1.165) is 11.5 Å². The van der Waals surface area contributed by atoms with E-state index in [1.54, 1.807) is 14.2 Å². The summed E-state index contributed by atoms with van der Waals surface area (Å²) in [5, 5.41) is 0. The van der Waals surface area contributed by atoms with Crippen LogP contribution in [0.25, 0.3) is 0 Å². The van der Waals surface area contributed by atoms with Crippen LogP contribution in [0.5, 0.6) is 11.5 Å². The second kappa shape index (κ2) is 4.56. The Morgan fingerprint density at radius 3 is 1.91 bits per heavy atom. The van der Waals surface area contributed by atoms with E-state index < -0.39 is 5.60 Å². The molecule has 2 heterocycles. The van der Waals surface area contributed by atoms with Crippen LogP contribution in [0.15, 0.2) is 12.1 Å². The summed E-state index contributed by atoms with van der Waals surface area (Å²) in [7, 11) is 3.28. The third-order valence-electron chi connectivity index (χ3n) is 5.13. The van der Waals surface area contributed by atoms with Gasteiger partial charge in [-0.05, 0) is 62.3 Å². The number of carbonyl (C=O) groups is 1. The maximum absolute atomic E-state index is 12.7. The lowest BCUT2D eigenvalue weighted by molar-refractivity contribution is 0.0134. The van der Waals surface area contributed by atoms with E-state index in [0.29, 0.717) is 11.8 Å². The molecule has 0 spiro atoms. The van der Waals surface area contributed by atoms with Gasteiger partial charge < -0.3 is 14.2 Å². The van der Waals surface area contributed by atoms with E-state index in [2.05, 4.69) is 0 Å². The molecule has 4 atom stereocenters. The molecule has 124 valence electrons. The molecule has 1 saturated carbocycles. The van der Waals surface area contributed by atoms with Gasteiger partial charge in [0, 0.05) is 0 Å². The smallest absolute Gasteiger partial charge is 0.411 e. The van der Waals surface area contributed by atoms with E-state index in [1.807, 2.05) is 37.8 Å². The van der Waals surface area contributed by atoms with E-state index in [4.69, 9.17) is 14.2 Å². The van der Waals surface area contributed by atoms with Crippen molar-refractivity contribution in [2.75, 3.05) is 14.2 Å². The fourth-order valence-electron chi connectivity index (χ4n) is 4.27. The number of piperidine rings is 1. The number of fused-ring (bicyclic) bond motifs is 8. The molecular weight excluding hydrogens is 294 g/mol. The van der Waals surface area contributed by atoms with Gasteiger partial charge in [-0.2, -0.15) is 0 Å². The summed E-state index contributed by atoms with van der Waals surface area (Å²) in [6.45, 7) is 5.72. The summed E-state index contributed by atoms with van der Waals surface area (Å²) in [5.41, 5.74) is 1.90. The summed E-state index contributed by atoms with van der Waals surface area (Å²) in [6.07, 6.45) is 0.974. The van der Waals surface area contributed by atoms with Crippen LogP contribution in [0.3, 0.4) is 0 Å². The molecule has 1 aromatic rings. The first-order chi connectivity index (χ1) is 10.9. The third-order valence-corrected chi connectivity index (χ3v) is 5.13. The van der Waals surface area contributed by atoms with Crippen molar-refractivity contribution in [2.45, 2.75) is 44.9 Å². The van der Waals surface area contributed by atoms with Crippen LogP contribution in [-0.4, -0.2) is 30.8 Å². The number of carbonyl (C=O) groups excluding carboxylic acids is 1. The van der Waals surface area contributed by atoms with Gasteiger partial charge in [0.05, 0.1) is 26.3 Å². The quantitative estimate of drug-likeness (QED) is 0.835. The van der Waals surface area contributed by atoms with E-state index in [1.165, 1.54) is 17.5 Å². The molecule has 0 radical (unpaired) electrons. The number of rotatable bonds is 2. The van der Waals surface area contributed by atoms with Crippen LogP contribution in [0, 0.1) is 11.8 Å². The fraction of sp³-hybridized carbons (Fsp3) is 0.611. The Hall–Kier alpha value is -1.91. The van der Waals surface area contributed by atoms with Crippen LogP contribution in [0.4, 0.5) is 4.79 Å². The van der Waals surface area contributed by atoms with E-state index in [-0.39, 0.29) is 18.2 Å². The Kier molecular flexibility index (Phi) is 2.91. The minimum atomic E-state index is -0.481. The van der Waals surface area contributed by atoms with Gasteiger partial charge in [0.1, 0.15) is 5.60 Å². The van der Waals surface area contributed by atoms with Gasteiger partial charge in [0.15, 0.2) is 11.5 Å². The summed E-state index contributed by atoms with van der Waals surface area (Å²) in [5.74, 6) is 2.58. The molecule has 1 saturated heterocycles. The minimum Gasteiger partial charge on any atom is -0.493 e. The van der Waals surface area contributed by atoms with Gasteiger partial charge in [0.2, 0.25) is 0 Å². The predicted molar refractivity (Wildman–Crippen MR) is 84.7 cm³/mol. The van der Waals surface area contributed by atoms with Crippen molar-refractivity contribution in [1.82, 2.24) is 4.90 Å². The SMILES string of the molecule is COc1cc2c(cc1OC)[C@H]1[C@@H]3C[C@@H]3[C@@H]2N1C(=O)OC(C)(C)C. The largest absolute Gasteiger partial charge is 0.493 e. The summed E-state index contributed by atoms with van der Waals surface area (Å²) in [4.78, 5) is 14.6. The van der Waals surface area contributed by atoms with Crippen LogP contribution in [0.2, 0.25) is 0 Å².